The lowest BCUT2D eigenvalue weighted by molar-refractivity contribution is 0.402. The predicted molar refractivity (Wildman–Crippen MR) is 90.9 cm³/mol. The van der Waals surface area contributed by atoms with Crippen LogP contribution in [0.1, 0.15) is 25.3 Å². The summed E-state index contributed by atoms with van der Waals surface area (Å²) in [7, 11) is -0.714. The largest absolute Gasteiger partial charge is 0.497 e. The third kappa shape index (κ3) is 3.96. The highest BCUT2D eigenvalue weighted by Crippen LogP contribution is 2.29. The number of hydrogen-bond acceptors (Lipinski definition) is 4. The fourth-order valence-electron chi connectivity index (χ4n) is 2.13. The maximum Gasteiger partial charge on any atom is 0.265 e. The van der Waals surface area contributed by atoms with Crippen molar-refractivity contribution in [1.29, 1.82) is 0 Å². The molecular weight excluding hydrogens is 314 g/mol. The van der Waals surface area contributed by atoms with Crippen molar-refractivity contribution < 1.29 is 17.9 Å². The van der Waals surface area contributed by atoms with Gasteiger partial charge in [-0.25, -0.2) is 8.42 Å². The second-order valence-corrected chi connectivity index (χ2v) is 7.05. The molecule has 124 valence electrons. The van der Waals surface area contributed by atoms with Crippen molar-refractivity contribution in [2.45, 2.75) is 24.7 Å². The van der Waals surface area contributed by atoms with E-state index in [4.69, 9.17) is 9.47 Å². The maximum atomic E-state index is 12.6. The minimum Gasteiger partial charge on any atom is -0.497 e. The van der Waals surface area contributed by atoms with Gasteiger partial charge in [-0.05, 0) is 47.9 Å². The summed E-state index contributed by atoms with van der Waals surface area (Å²) in [5.74, 6) is 1.28. The molecule has 6 heteroatoms. The van der Waals surface area contributed by atoms with Crippen LogP contribution in [0.4, 0.5) is 5.69 Å². The van der Waals surface area contributed by atoms with E-state index in [1.54, 1.807) is 49.6 Å². The summed E-state index contributed by atoms with van der Waals surface area (Å²) in [6.07, 6.45) is 0. The molecule has 2 aromatic carbocycles. The molecule has 0 saturated carbocycles. The standard InChI is InChI=1S/C17H21NO4S/c1-12(2)13-5-10-17(16(11-13)22-4)23(19,20)18-14-6-8-15(21-3)9-7-14/h5-12,18H,1-4H3. The van der Waals surface area contributed by atoms with Gasteiger partial charge in [-0.3, -0.25) is 4.72 Å². The normalized spacial score (nSPS) is 11.3. The molecule has 0 aliphatic rings. The average Bonchev–Trinajstić information content (AvgIpc) is 2.54. The molecule has 5 nitrogen and oxygen atoms in total. The first-order chi connectivity index (χ1) is 10.9. The lowest BCUT2D eigenvalue weighted by Crippen LogP contribution is -2.14. The molecule has 23 heavy (non-hydrogen) atoms. The summed E-state index contributed by atoms with van der Waals surface area (Å²) < 4.78 is 38.1. The van der Waals surface area contributed by atoms with Gasteiger partial charge in [0.15, 0.2) is 0 Å². The van der Waals surface area contributed by atoms with E-state index in [-0.39, 0.29) is 10.8 Å². The van der Waals surface area contributed by atoms with Crippen LogP contribution in [0.2, 0.25) is 0 Å². The van der Waals surface area contributed by atoms with Gasteiger partial charge >= 0.3 is 0 Å². The quantitative estimate of drug-likeness (QED) is 0.875. The number of ether oxygens (including phenoxy) is 2. The first kappa shape index (κ1) is 17.1. The fourth-order valence-corrected chi connectivity index (χ4v) is 3.35. The molecule has 0 unspecified atom stereocenters. The van der Waals surface area contributed by atoms with E-state index < -0.39 is 10.0 Å². The second kappa shape index (κ2) is 6.91. The Labute approximate surface area is 137 Å². The summed E-state index contributed by atoms with van der Waals surface area (Å²) in [4.78, 5) is 0.111. The molecule has 2 aromatic rings. The molecule has 0 amide bonds. The Morgan fingerprint density at radius 3 is 2.13 bits per heavy atom. The number of nitrogens with one attached hydrogen (secondary N) is 1. The van der Waals surface area contributed by atoms with Gasteiger partial charge in [-0.1, -0.05) is 19.9 Å². The van der Waals surface area contributed by atoms with E-state index in [9.17, 15) is 8.42 Å². The lowest BCUT2D eigenvalue weighted by atomic mass is 10.0. The number of hydrogen-bond donors (Lipinski definition) is 1. The second-order valence-electron chi connectivity index (χ2n) is 5.40. The highest BCUT2D eigenvalue weighted by molar-refractivity contribution is 7.92. The van der Waals surface area contributed by atoms with Gasteiger partial charge in [0.2, 0.25) is 0 Å². The third-order valence-corrected chi connectivity index (χ3v) is 4.91. The Kier molecular flexibility index (Phi) is 5.15. The van der Waals surface area contributed by atoms with Crippen LogP contribution in [0.3, 0.4) is 0 Å². The van der Waals surface area contributed by atoms with Crippen LogP contribution >= 0.6 is 0 Å². The number of sulfonamides is 1. The summed E-state index contributed by atoms with van der Waals surface area (Å²) in [6.45, 7) is 4.08. The zero-order chi connectivity index (χ0) is 17.0. The topological polar surface area (TPSA) is 64.6 Å². The molecule has 0 aliphatic carbocycles. The summed E-state index contributed by atoms with van der Waals surface area (Å²) in [5.41, 5.74) is 1.48. The number of rotatable bonds is 6. The third-order valence-electron chi connectivity index (χ3n) is 3.49. The zero-order valence-electron chi connectivity index (χ0n) is 13.7. The minimum absolute atomic E-state index is 0.111. The van der Waals surface area contributed by atoms with E-state index in [2.05, 4.69) is 4.72 Å². The van der Waals surface area contributed by atoms with Crippen LogP contribution in [0.15, 0.2) is 47.4 Å². The Bertz CT molecular complexity index is 768. The summed E-state index contributed by atoms with van der Waals surface area (Å²) in [5, 5.41) is 0. The van der Waals surface area contributed by atoms with E-state index in [1.807, 2.05) is 13.8 Å². The van der Waals surface area contributed by atoms with Gasteiger partial charge in [-0.2, -0.15) is 0 Å². The van der Waals surface area contributed by atoms with Crippen LogP contribution < -0.4 is 14.2 Å². The van der Waals surface area contributed by atoms with Gasteiger partial charge in [-0.15, -0.1) is 0 Å². The van der Waals surface area contributed by atoms with Crippen LogP contribution in [-0.4, -0.2) is 22.6 Å². The van der Waals surface area contributed by atoms with Crippen molar-refractivity contribution in [3.05, 3.63) is 48.0 Å². The first-order valence-electron chi connectivity index (χ1n) is 7.22. The zero-order valence-corrected chi connectivity index (χ0v) is 14.5. The van der Waals surface area contributed by atoms with Crippen LogP contribution in [0, 0.1) is 0 Å². The molecule has 0 fully saturated rings. The van der Waals surface area contributed by atoms with Crippen molar-refractivity contribution >= 4 is 15.7 Å². The SMILES string of the molecule is COc1ccc(NS(=O)(=O)c2ccc(C(C)C)cc2OC)cc1. The average molecular weight is 335 g/mol. The first-order valence-corrected chi connectivity index (χ1v) is 8.70. The Hall–Kier alpha value is -2.21. The molecule has 0 bridgehead atoms. The molecule has 0 spiro atoms. The predicted octanol–water partition coefficient (Wildman–Crippen LogP) is 3.63. The molecule has 2 rings (SSSR count). The van der Waals surface area contributed by atoms with E-state index >= 15 is 0 Å². The van der Waals surface area contributed by atoms with Gasteiger partial charge in [0.25, 0.3) is 10.0 Å². The molecule has 0 saturated heterocycles. The van der Waals surface area contributed by atoms with Gasteiger partial charge in [0, 0.05) is 5.69 Å². The number of methoxy groups -OCH3 is 2. The van der Waals surface area contributed by atoms with E-state index in [1.165, 1.54) is 7.11 Å². The van der Waals surface area contributed by atoms with E-state index in [0.29, 0.717) is 17.2 Å². The summed E-state index contributed by atoms with van der Waals surface area (Å²) in [6, 6.07) is 11.8. The Morgan fingerprint density at radius 2 is 1.61 bits per heavy atom. The number of benzene rings is 2. The summed E-state index contributed by atoms with van der Waals surface area (Å²) >= 11 is 0. The minimum atomic E-state index is -3.73. The molecule has 1 N–H and O–H groups in total. The van der Waals surface area contributed by atoms with Crippen molar-refractivity contribution in [2.75, 3.05) is 18.9 Å². The molecule has 0 heterocycles. The van der Waals surface area contributed by atoms with Gasteiger partial charge in [0.05, 0.1) is 14.2 Å². The molecular formula is C17H21NO4S. The van der Waals surface area contributed by atoms with Crippen molar-refractivity contribution in [3.63, 3.8) is 0 Å². The fraction of sp³-hybridized carbons (Fsp3) is 0.294. The molecule has 0 aliphatic heterocycles. The number of anilines is 1. The highest BCUT2D eigenvalue weighted by atomic mass is 32.2. The Balaban J connectivity index is 2.34. The van der Waals surface area contributed by atoms with Crippen molar-refractivity contribution in [1.82, 2.24) is 0 Å². The lowest BCUT2D eigenvalue weighted by Gasteiger charge is -2.14. The molecule has 0 radical (unpaired) electrons. The van der Waals surface area contributed by atoms with Crippen LogP contribution in [-0.2, 0) is 10.0 Å². The van der Waals surface area contributed by atoms with Gasteiger partial charge < -0.3 is 9.47 Å². The molecule has 0 atom stereocenters. The Morgan fingerprint density at radius 1 is 0.957 bits per heavy atom. The van der Waals surface area contributed by atoms with Gasteiger partial charge in [0.1, 0.15) is 16.4 Å². The van der Waals surface area contributed by atoms with Crippen LogP contribution in [0.25, 0.3) is 0 Å². The smallest absolute Gasteiger partial charge is 0.265 e. The van der Waals surface area contributed by atoms with Crippen molar-refractivity contribution in [2.24, 2.45) is 0 Å². The van der Waals surface area contributed by atoms with Crippen molar-refractivity contribution in [3.8, 4) is 11.5 Å². The molecule has 0 aromatic heterocycles. The van der Waals surface area contributed by atoms with Crippen LogP contribution in [0.5, 0.6) is 11.5 Å². The highest BCUT2D eigenvalue weighted by Gasteiger charge is 2.20. The monoisotopic (exact) mass is 335 g/mol. The van der Waals surface area contributed by atoms with E-state index in [0.717, 1.165) is 5.56 Å². The maximum absolute atomic E-state index is 12.6.